The van der Waals surface area contributed by atoms with Crippen LogP contribution >= 0.6 is 11.6 Å². The molecule has 1 spiro atoms. The number of nitriles is 1. The highest BCUT2D eigenvalue weighted by Gasteiger charge is 2.46. The van der Waals surface area contributed by atoms with E-state index < -0.39 is 29.7 Å². The molecule has 9 rings (SSSR count). The maximum absolute atomic E-state index is 13.8. The predicted molar refractivity (Wildman–Crippen MR) is 214 cm³/mol. The van der Waals surface area contributed by atoms with Crippen LogP contribution in [0.4, 0.5) is 17.1 Å². The van der Waals surface area contributed by atoms with Gasteiger partial charge in [-0.3, -0.25) is 39.1 Å². The third-order valence-corrected chi connectivity index (χ3v) is 13.3. The number of fused-ring (bicyclic) bond motifs is 1. The van der Waals surface area contributed by atoms with Crippen molar-refractivity contribution in [3.8, 4) is 6.07 Å². The maximum atomic E-state index is 13.8. The summed E-state index contributed by atoms with van der Waals surface area (Å²) in [6.07, 6.45) is 3.24. The van der Waals surface area contributed by atoms with Crippen molar-refractivity contribution in [1.82, 2.24) is 20.0 Å². The molecule has 3 aromatic carbocycles. The number of anilines is 3. The summed E-state index contributed by atoms with van der Waals surface area (Å²) in [4.78, 5) is 77.0. The summed E-state index contributed by atoms with van der Waals surface area (Å²) >= 11 is 6.33. The van der Waals surface area contributed by atoms with Gasteiger partial charge in [0.15, 0.2) is 0 Å². The van der Waals surface area contributed by atoms with Crippen LogP contribution in [0.2, 0.25) is 5.02 Å². The molecular weight excluding hydrogens is 744 g/mol. The monoisotopic (exact) mass is 788 g/mol. The molecule has 0 bridgehead atoms. The number of rotatable bonds is 7. The van der Waals surface area contributed by atoms with Gasteiger partial charge in [0.25, 0.3) is 17.7 Å². The predicted octanol–water partition coefficient (Wildman–Crippen LogP) is 4.00. The van der Waals surface area contributed by atoms with Crippen LogP contribution in [0.5, 0.6) is 0 Å². The van der Waals surface area contributed by atoms with Crippen molar-refractivity contribution >= 4 is 58.2 Å². The molecule has 2 unspecified atom stereocenters. The Balaban J connectivity index is 0.761. The maximum Gasteiger partial charge on any atom is 0.262 e. The lowest BCUT2D eigenvalue weighted by atomic mass is 9.86. The minimum absolute atomic E-state index is 0.0578. The number of piperazine rings is 1. The van der Waals surface area contributed by atoms with Crippen LogP contribution in [0.15, 0.2) is 60.7 Å². The van der Waals surface area contributed by atoms with E-state index in [4.69, 9.17) is 11.6 Å². The SMILES string of the molecule is N#Cc1ccc(N2CCC3(CCN(C(=O)c4cccc(N5CCN(C[C@@H]6CCN(c7ccc8c(c7)C(=O)N(C7CCC(=O)NC7=O)C8=O)C6)CC5)c4)C3)C2)cc1Cl. The fourth-order valence-electron chi connectivity index (χ4n) is 9.83. The van der Waals surface area contributed by atoms with Crippen molar-refractivity contribution in [1.29, 1.82) is 5.26 Å². The van der Waals surface area contributed by atoms with Crippen LogP contribution in [-0.2, 0) is 9.59 Å². The number of amides is 5. The Morgan fingerprint density at radius 3 is 2.33 bits per heavy atom. The Labute approximate surface area is 336 Å². The van der Waals surface area contributed by atoms with Gasteiger partial charge in [0.05, 0.1) is 21.7 Å². The van der Waals surface area contributed by atoms with Crippen molar-refractivity contribution in [2.75, 3.05) is 86.7 Å². The Bertz CT molecular complexity index is 2220. The standard InChI is InChI=1S/C43H45ClN8O5/c44-36-22-33(5-4-30(36)23-45)50-14-11-43(26-50)12-15-51(27-43)40(55)29-2-1-3-31(20-29)48-18-16-47(17-19-48)24-28-10-13-49(25-28)32-6-7-34-35(21-32)42(57)52(41(34)56)37-8-9-38(53)46-39(37)54/h1-7,20-22,28,37H,8-19,24-27H2,(H,46,53,54)/t28-,37?,43?/m0/s1. The summed E-state index contributed by atoms with van der Waals surface area (Å²) in [6, 6.07) is 20.2. The summed E-state index contributed by atoms with van der Waals surface area (Å²) in [5.41, 5.74) is 4.86. The zero-order valence-corrected chi connectivity index (χ0v) is 32.5. The number of imide groups is 2. The number of nitrogens with one attached hydrogen (secondary N) is 1. The number of hydrogen-bond acceptors (Lipinski definition) is 10. The highest BCUT2D eigenvalue weighted by molar-refractivity contribution is 6.32. The molecule has 0 aromatic heterocycles. The van der Waals surface area contributed by atoms with Crippen molar-refractivity contribution in [2.45, 2.75) is 38.1 Å². The van der Waals surface area contributed by atoms with Crippen molar-refractivity contribution in [3.05, 3.63) is 87.9 Å². The third kappa shape index (κ3) is 6.99. The summed E-state index contributed by atoms with van der Waals surface area (Å²) in [7, 11) is 0. The van der Waals surface area contributed by atoms with Crippen LogP contribution in [0.1, 0.15) is 68.7 Å². The van der Waals surface area contributed by atoms with E-state index in [1.54, 1.807) is 18.2 Å². The lowest BCUT2D eigenvalue weighted by molar-refractivity contribution is -0.136. The summed E-state index contributed by atoms with van der Waals surface area (Å²) in [5, 5.41) is 12.0. The van der Waals surface area contributed by atoms with Gasteiger partial charge in [-0.25, -0.2) is 0 Å². The second kappa shape index (κ2) is 14.8. The van der Waals surface area contributed by atoms with E-state index >= 15 is 0 Å². The second-order valence-electron chi connectivity index (χ2n) is 16.5. The van der Waals surface area contributed by atoms with Crippen molar-refractivity contribution < 1.29 is 24.0 Å². The van der Waals surface area contributed by atoms with Crippen LogP contribution in [0, 0.1) is 22.7 Å². The number of halogens is 1. The molecule has 6 aliphatic rings. The van der Waals surface area contributed by atoms with Crippen LogP contribution in [0.25, 0.3) is 0 Å². The highest BCUT2D eigenvalue weighted by Crippen LogP contribution is 2.42. The molecule has 6 aliphatic heterocycles. The Morgan fingerprint density at radius 2 is 1.54 bits per heavy atom. The number of piperidine rings is 1. The molecule has 3 aromatic rings. The number of hydrogen-bond donors (Lipinski definition) is 1. The zero-order chi connectivity index (χ0) is 39.4. The zero-order valence-electron chi connectivity index (χ0n) is 31.8. The first-order valence-corrected chi connectivity index (χ1v) is 20.4. The van der Waals surface area contributed by atoms with E-state index in [9.17, 15) is 29.2 Å². The van der Waals surface area contributed by atoms with Gasteiger partial charge >= 0.3 is 0 Å². The molecular formula is C43H45ClN8O5. The first-order valence-electron chi connectivity index (χ1n) is 20.0. The molecule has 13 nitrogen and oxygen atoms in total. The fraction of sp³-hybridized carbons (Fsp3) is 0.442. The molecule has 294 valence electrons. The van der Waals surface area contributed by atoms with E-state index in [1.165, 1.54) is 0 Å². The Kier molecular flexibility index (Phi) is 9.65. The number of benzene rings is 3. The van der Waals surface area contributed by atoms with Gasteiger partial charge in [-0.1, -0.05) is 17.7 Å². The lowest BCUT2D eigenvalue weighted by Gasteiger charge is -2.37. The number of carbonyl (C=O) groups excluding carboxylic acids is 5. The molecule has 5 saturated heterocycles. The van der Waals surface area contributed by atoms with Crippen molar-refractivity contribution in [2.24, 2.45) is 11.3 Å². The molecule has 3 atom stereocenters. The average molecular weight is 789 g/mol. The van der Waals surface area contributed by atoms with Crippen LogP contribution < -0.4 is 20.0 Å². The molecule has 57 heavy (non-hydrogen) atoms. The molecule has 5 amide bonds. The van der Waals surface area contributed by atoms with Gasteiger partial charge in [0.1, 0.15) is 12.1 Å². The highest BCUT2D eigenvalue weighted by atomic mass is 35.5. The van der Waals surface area contributed by atoms with Gasteiger partial charge in [-0.05, 0) is 86.2 Å². The average Bonchev–Trinajstić information content (AvgIpc) is 4.02. The molecule has 14 heteroatoms. The normalized spacial score (nSPS) is 25.2. The van der Waals surface area contributed by atoms with Gasteiger partial charge < -0.3 is 19.6 Å². The van der Waals surface area contributed by atoms with Gasteiger partial charge in [0.2, 0.25) is 11.8 Å². The van der Waals surface area contributed by atoms with Crippen LogP contribution in [0.3, 0.4) is 0 Å². The Morgan fingerprint density at radius 1 is 0.789 bits per heavy atom. The van der Waals surface area contributed by atoms with E-state index in [2.05, 4.69) is 43.1 Å². The lowest BCUT2D eigenvalue weighted by Crippen LogP contribution is -2.54. The molecule has 0 aliphatic carbocycles. The van der Waals surface area contributed by atoms with E-state index in [-0.39, 0.29) is 24.2 Å². The second-order valence-corrected chi connectivity index (χ2v) is 16.9. The summed E-state index contributed by atoms with van der Waals surface area (Å²) in [5.74, 6) is -1.42. The molecule has 5 fully saturated rings. The first-order chi connectivity index (χ1) is 27.6. The molecule has 6 heterocycles. The Hall–Kier alpha value is -5.45. The number of likely N-dealkylation sites (tertiary alicyclic amines) is 1. The molecule has 0 radical (unpaired) electrons. The number of nitrogens with zero attached hydrogens (tertiary/aromatic N) is 7. The molecule has 0 saturated carbocycles. The van der Waals surface area contributed by atoms with E-state index in [0.29, 0.717) is 27.6 Å². The fourth-order valence-corrected chi connectivity index (χ4v) is 10.0. The van der Waals surface area contributed by atoms with Gasteiger partial charge in [-0.2, -0.15) is 5.26 Å². The molecule has 1 N–H and O–H groups in total. The van der Waals surface area contributed by atoms with E-state index in [1.807, 2.05) is 35.2 Å². The summed E-state index contributed by atoms with van der Waals surface area (Å²) < 4.78 is 0. The smallest absolute Gasteiger partial charge is 0.262 e. The van der Waals surface area contributed by atoms with Gasteiger partial charge in [-0.15, -0.1) is 0 Å². The third-order valence-electron chi connectivity index (χ3n) is 13.0. The van der Waals surface area contributed by atoms with Gasteiger partial charge in [0, 0.05) is 106 Å². The largest absolute Gasteiger partial charge is 0.371 e. The topological polar surface area (TPSA) is 141 Å². The quantitative estimate of drug-likeness (QED) is 0.350. The minimum Gasteiger partial charge on any atom is -0.371 e. The minimum atomic E-state index is -0.974. The van der Waals surface area contributed by atoms with Crippen LogP contribution in [-0.4, -0.2) is 122 Å². The summed E-state index contributed by atoms with van der Waals surface area (Å²) in [6.45, 7) is 9.53. The van der Waals surface area contributed by atoms with Crippen molar-refractivity contribution in [3.63, 3.8) is 0 Å². The number of carbonyl (C=O) groups is 5. The first kappa shape index (κ1) is 37.1. The van der Waals surface area contributed by atoms with E-state index in [0.717, 1.165) is 119 Å².